The third-order valence-electron chi connectivity index (χ3n) is 3.66. The van der Waals surface area contributed by atoms with E-state index in [1.54, 1.807) is 4.90 Å². The lowest BCUT2D eigenvalue weighted by molar-refractivity contribution is 0.0773. The molecule has 142 valence electrons. The van der Waals surface area contributed by atoms with E-state index in [9.17, 15) is 4.79 Å². The first-order valence-electron chi connectivity index (χ1n) is 8.62. The summed E-state index contributed by atoms with van der Waals surface area (Å²) in [6.45, 7) is 10.1. The average Bonchev–Trinajstić information content (AvgIpc) is 2.61. The lowest BCUT2D eigenvalue weighted by atomic mass is 10.1. The molecular weight excluding hydrogens is 431 g/mol. The zero-order chi connectivity index (χ0) is 17.8. The largest absolute Gasteiger partial charge is 0.382 e. The van der Waals surface area contributed by atoms with Crippen molar-refractivity contribution in [2.45, 2.75) is 33.7 Å². The SMILES string of the molecule is CCOCCCNC(N)=NCc1ccc(C(=O)N(CC)CC)cc1.I. The summed E-state index contributed by atoms with van der Waals surface area (Å²) in [7, 11) is 0. The first kappa shape index (κ1) is 23.6. The molecule has 3 N–H and O–H groups in total. The number of guanidine groups is 1. The van der Waals surface area contributed by atoms with Gasteiger partial charge in [-0.1, -0.05) is 12.1 Å². The first-order valence-corrected chi connectivity index (χ1v) is 8.62. The number of ether oxygens (including phenoxy) is 1. The Labute approximate surface area is 168 Å². The van der Waals surface area contributed by atoms with E-state index in [1.165, 1.54) is 0 Å². The number of amides is 1. The maximum atomic E-state index is 12.2. The van der Waals surface area contributed by atoms with Gasteiger partial charge in [0, 0.05) is 38.4 Å². The number of nitrogens with zero attached hydrogens (tertiary/aromatic N) is 2. The molecule has 0 spiro atoms. The Kier molecular flexibility index (Phi) is 13.1. The van der Waals surface area contributed by atoms with Gasteiger partial charge in [-0.2, -0.15) is 0 Å². The highest BCUT2D eigenvalue weighted by molar-refractivity contribution is 14.0. The van der Waals surface area contributed by atoms with Crippen molar-refractivity contribution < 1.29 is 9.53 Å². The van der Waals surface area contributed by atoms with E-state index in [0.717, 1.165) is 31.7 Å². The van der Waals surface area contributed by atoms with Crippen LogP contribution in [0.4, 0.5) is 0 Å². The number of halogens is 1. The van der Waals surface area contributed by atoms with Gasteiger partial charge in [0.25, 0.3) is 5.91 Å². The number of carbonyl (C=O) groups is 1. The molecule has 0 aliphatic carbocycles. The molecule has 6 nitrogen and oxygen atoms in total. The van der Waals surface area contributed by atoms with Gasteiger partial charge in [0.1, 0.15) is 0 Å². The number of aliphatic imine (C=N–C) groups is 1. The van der Waals surface area contributed by atoms with Crippen molar-refractivity contribution in [1.29, 1.82) is 0 Å². The zero-order valence-electron chi connectivity index (χ0n) is 15.5. The second kappa shape index (κ2) is 13.9. The summed E-state index contributed by atoms with van der Waals surface area (Å²) < 4.78 is 5.26. The van der Waals surface area contributed by atoms with Crippen LogP contribution in [0.15, 0.2) is 29.3 Å². The molecule has 7 heteroatoms. The van der Waals surface area contributed by atoms with Crippen molar-refractivity contribution in [3.8, 4) is 0 Å². The van der Waals surface area contributed by atoms with E-state index >= 15 is 0 Å². The number of nitrogens with two attached hydrogens (primary N) is 1. The minimum atomic E-state index is 0. The van der Waals surface area contributed by atoms with Crippen LogP contribution in [0.5, 0.6) is 0 Å². The minimum absolute atomic E-state index is 0. The molecule has 0 fully saturated rings. The number of rotatable bonds is 10. The Bertz CT molecular complexity index is 516. The third-order valence-corrected chi connectivity index (χ3v) is 3.66. The van der Waals surface area contributed by atoms with Gasteiger partial charge in [-0.15, -0.1) is 24.0 Å². The van der Waals surface area contributed by atoms with Crippen LogP contribution in [0.3, 0.4) is 0 Å². The molecule has 0 saturated carbocycles. The first-order chi connectivity index (χ1) is 11.6. The van der Waals surface area contributed by atoms with Crippen LogP contribution in [-0.4, -0.2) is 49.6 Å². The van der Waals surface area contributed by atoms with Crippen LogP contribution in [0, 0.1) is 0 Å². The summed E-state index contributed by atoms with van der Waals surface area (Å²) in [5.74, 6) is 0.486. The molecule has 1 aromatic carbocycles. The summed E-state index contributed by atoms with van der Waals surface area (Å²) in [5.41, 5.74) is 7.55. The van der Waals surface area contributed by atoms with E-state index in [2.05, 4.69) is 10.3 Å². The molecule has 25 heavy (non-hydrogen) atoms. The van der Waals surface area contributed by atoms with Gasteiger partial charge in [-0.3, -0.25) is 4.79 Å². The van der Waals surface area contributed by atoms with Gasteiger partial charge in [0.15, 0.2) is 5.96 Å². The van der Waals surface area contributed by atoms with E-state index < -0.39 is 0 Å². The minimum Gasteiger partial charge on any atom is -0.382 e. The van der Waals surface area contributed by atoms with Crippen molar-refractivity contribution >= 4 is 35.8 Å². The Hall–Kier alpha value is -1.35. The van der Waals surface area contributed by atoms with Gasteiger partial charge in [-0.25, -0.2) is 4.99 Å². The fourth-order valence-electron chi connectivity index (χ4n) is 2.21. The second-order valence-electron chi connectivity index (χ2n) is 5.35. The van der Waals surface area contributed by atoms with Crippen LogP contribution in [0.2, 0.25) is 0 Å². The molecule has 0 atom stereocenters. The van der Waals surface area contributed by atoms with Crippen molar-refractivity contribution in [3.05, 3.63) is 35.4 Å². The fourth-order valence-corrected chi connectivity index (χ4v) is 2.21. The van der Waals surface area contributed by atoms with Gasteiger partial charge in [0.05, 0.1) is 6.54 Å². The monoisotopic (exact) mass is 462 g/mol. The number of hydrogen-bond acceptors (Lipinski definition) is 3. The summed E-state index contributed by atoms with van der Waals surface area (Å²) >= 11 is 0. The van der Waals surface area contributed by atoms with E-state index in [-0.39, 0.29) is 29.9 Å². The molecule has 0 radical (unpaired) electrons. The molecule has 0 aliphatic rings. The average molecular weight is 462 g/mol. The van der Waals surface area contributed by atoms with Crippen molar-refractivity contribution in [1.82, 2.24) is 10.2 Å². The highest BCUT2D eigenvalue weighted by Crippen LogP contribution is 2.08. The van der Waals surface area contributed by atoms with Crippen molar-refractivity contribution in [2.75, 3.05) is 32.8 Å². The number of carbonyl (C=O) groups excluding carboxylic acids is 1. The highest BCUT2D eigenvalue weighted by atomic mass is 127. The Morgan fingerprint density at radius 2 is 1.84 bits per heavy atom. The summed E-state index contributed by atoms with van der Waals surface area (Å²) in [6, 6.07) is 7.53. The predicted molar refractivity (Wildman–Crippen MR) is 114 cm³/mol. The van der Waals surface area contributed by atoms with Crippen molar-refractivity contribution in [2.24, 2.45) is 10.7 Å². The van der Waals surface area contributed by atoms with Crippen LogP contribution >= 0.6 is 24.0 Å². The zero-order valence-corrected chi connectivity index (χ0v) is 17.8. The molecule has 0 saturated heterocycles. The molecule has 1 aromatic rings. The van der Waals surface area contributed by atoms with Crippen molar-refractivity contribution in [3.63, 3.8) is 0 Å². The second-order valence-corrected chi connectivity index (χ2v) is 5.35. The van der Waals surface area contributed by atoms with Gasteiger partial charge in [-0.05, 0) is 44.9 Å². The molecule has 1 rings (SSSR count). The molecule has 0 aliphatic heterocycles. The lowest BCUT2D eigenvalue weighted by Gasteiger charge is -2.18. The molecular formula is C18H31IN4O2. The van der Waals surface area contributed by atoms with E-state index in [4.69, 9.17) is 10.5 Å². The quantitative estimate of drug-likeness (QED) is 0.243. The Morgan fingerprint density at radius 3 is 2.40 bits per heavy atom. The van der Waals surface area contributed by atoms with Crippen LogP contribution < -0.4 is 11.1 Å². The predicted octanol–water partition coefficient (Wildman–Crippen LogP) is 2.62. The van der Waals surface area contributed by atoms with Gasteiger partial charge in [0.2, 0.25) is 0 Å². The topological polar surface area (TPSA) is 80.0 Å². The maximum Gasteiger partial charge on any atom is 0.253 e. The lowest BCUT2D eigenvalue weighted by Crippen LogP contribution is -2.32. The van der Waals surface area contributed by atoms with Gasteiger partial charge < -0.3 is 20.7 Å². The molecule has 1 amide bonds. The van der Waals surface area contributed by atoms with Crippen LogP contribution in [0.1, 0.15) is 43.1 Å². The number of hydrogen-bond donors (Lipinski definition) is 2. The third kappa shape index (κ3) is 9.06. The fraction of sp³-hybridized carbons (Fsp3) is 0.556. The number of nitrogens with one attached hydrogen (secondary N) is 1. The van der Waals surface area contributed by atoms with Gasteiger partial charge >= 0.3 is 0 Å². The summed E-state index contributed by atoms with van der Waals surface area (Å²) in [4.78, 5) is 18.3. The van der Waals surface area contributed by atoms with Crippen LogP contribution in [-0.2, 0) is 11.3 Å². The molecule has 0 aromatic heterocycles. The maximum absolute atomic E-state index is 12.2. The highest BCUT2D eigenvalue weighted by Gasteiger charge is 2.11. The van der Waals surface area contributed by atoms with E-state index in [0.29, 0.717) is 31.2 Å². The molecule has 0 unspecified atom stereocenters. The van der Waals surface area contributed by atoms with Crippen LogP contribution in [0.25, 0.3) is 0 Å². The standard InChI is InChI=1S/C18H30N4O2.HI/c1-4-22(5-2)17(23)16-10-8-15(9-11-16)14-21-18(19)20-12-7-13-24-6-3;/h8-11H,4-7,12-14H2,1-3H3,(H3,19,20,21);1H. The van der Waals surface area contributed by atoms with E-state index in [1.807, 2.05) is 45.0 Å². The smallest absolute Gasteiger partial charge is 0.253 e. The Morgan fingerprint density at radius 1 is 1.20 bits per heavy atom. The normalized spacial score (nSPS) is 10.9. The Balaban J connectivity index is 0.00000576. The molecule has 0 bridgehead atoms. The summed E-state index contributed by atoms with van der Waals surface area (Å²) in [5, 5.41) is 3.06. The number of benzene rings is 1. The summed E-state index contributed by atoms with van der Waals surface area (Å²) in [6.07, 6.45) is 0.895. The molecule has 0 heterocycles.